The standard InChI is InChI=1S/C16H20ClNS/c1-4-8-18-16(13-9-12(3)19-10-13)14-7-5-6-11(2)15(14)17/h5-7,9-10,16,18H,4,8H2,1-3H3. The molecule has 1 unspecified atom stereocenters. The maximum absolute atomic E-state index is 6.49. The van der Waals surface area contributed by atoms with Gasteiger partial charge in [-0.3, -0.25) is 0 Å². The highest BCUT2D eigenvalue weighted by atomic mass is 35.5. The molecule has 1 aromatic carbocycles. The minimum Gasteiger partial charge on any atom is -0.306 e. The predicted molar refractivity (Wildman–Crippen MR) is 85.4 cm³/mol. The van der Waals surface area contributed by atoms with Gasteiger partial charge in [0.1, 0.15) is 0 Å². The van der Waals surface area contributed by atoms with Gasteiger partial charge in [-0.25, -0.2) is 0 Å². The van der Waals surface area contributed by atoms with E-state index in [0.717, 1.165) is 23.6 Å². The van der Waals surface area contributed by atoms with Crippen molar-refractivity contribution in [2.45, 2.75) is 33.2 Å². The molecule has 0 spiro atoms. The SMILES string of the molecule is CCCNC(c1csc(C)c1)c1cccc(C)c1Cl. The lowest BCUT2D eigenvalue weighted by atomic mass is 9.99. The van der Waals surface area contributed by atoms with E-state index in [-0.39, 0.29) is 6.04 Å². The number of thiophene rings is 1. The number of benzene rings is 1. The zero-order chi connectivity index (χ0) is 13.8. The Bertz CT molecular complexity index is 547. The van der Waals surface area contributed by atoms with Crippen LogP contribution in [-0.2, 0) is 0 Å². The van der Waals surface area contributed by atoms with Crippen molar-refractivity contribution < 1.29 is 0 Å². The van der Waals surface area contributed by atoms with E-state index in [0.29, 0.717) is 0 Å². The summed E-state index contributed by atoms with van der Waals surface area (Å²) in [7, 11) is 0. The van der Waals surface area contributed by atoms with E-state index in [1.165, 1.54) is 16.0 Å². The molecule has 2 aromatic rings. The van der Waals surface area contributed by atoms with E-state index in [9.17, 15) is 0 Å². The van der Waals surface area contributed by atoms with Crippen LogP contribution in [0, 0.1) is 13.8 Å². The second-order valence-corrected chi connectivity index (χ2v) is 6.35. The van der Waals surface area contributed by atoms with Gasteiger partial charge < -0.3 is 5.32 Å². The zero-order valence-corrected chi connectivity index (χ0v) is 13.2. The molecule has 102 valence electrons. The third-order valence-corrected chi connectivity index (χ3v) is 4.61. The normalized spacial score (nSPS) is 12.6. The molecule has 0 amide bonds. The molecule has 3 heteroatoms. The first-order chi connectivity index (χ1) is 9.13. The Hall–Kier alpha value is -0.830. The lowest BCUT2D eigenvalue weighted by Crippen LogP contribution is -2.23. The van der Waals surface area contributed by atoms with Crippen LogP contribution in [0.25, 0.3) is 0 Å². The highest BCUT2D eigenvalue weighted by Crippen LogP contribution is 2.32. The molecule has 0 aliphatic heterocycles. The number of nitrogens with one attached hydrogen (secondary N) is 1. The first kappa shape index (κ1) is 14.6. The minimum atomic E-state index is 0.192. The molecule has 0 fully saturated rings. The lowest BCUT2D eigenvalue weighted by Gasteiger charge is -2.20. The molecule has 1 nitrogen and oxygen atoms in total. The van der Waals surface area contributed by atoms with E-state index in [1.54, 1.807) is 11.3 Å². The van der Waals surface area contributed by atoms with Crippen LogP contribution in [0.1, 0.15) is 41.0 Å². The average molecular weight is 294 g/mol. The topological polar surface area (TPSA) is 12.0 Å². The maximum atomic E-state index is 6.49. The fourth-order valence-electron chi connectivity index (χ4n) is 2.20. The summed E-state index contributed by atoms with van der Waals surface area (Å²) in [5.74, 6) is 0. The van der Waals surface area contributed by atoms with E-state index in [1.807, 2.05) is 0 Å². The molecule has 0 aliphatic carbocycles. The third kappa shape index (κ3) is 3.38. The van der Waals surface area contributed by atoms with Gasteiger partial charge in [0.2, 0.25) is 0 Å². The summed E-state index contributed by atoms with van der Waals surface area (Å²) in [5.41, 5.74) is 3.62. The molecule has 1 atom stereocenters. The van der Waals surface area contributed by atoms with Gasteiger partial charge >= 0.3 is 0 Å². The van der Waals surface area contributed by atoms with Crippen LogP contribution in [-0.4, -0.2) is 6.54 Å². The molecule has 0 saturated heterocycles. The Morgan fingerprint density at radius 2 is 2.11 bits per heavy atom. The summed E-state index contributed by atoms with van der Waals surface area (Å²) < 4.78 is 0. The Balaban J connectivity index is 2.39. The monoisotopic (exact) mass is 293 g/mol. The van der Waals surface area contributed by atoms with Crippen molar-refractivity contribution in [2.75, 3.05) is 6.54 Å². The molecule has 1 N–H and O–H groups in total. The van der Waals surface area contributed by atoms with Crippen molar-refractivity contribution in [3.63, 3.8) is 0 Å². The fraction of sp³-hybridized carbons (Fsp3) is 0.375. The van der Waals surface area contributed by atoms with Gasteiger partial charge in [0.25, 0.3) is 0 Å². The zero-order valence-electron chi connectivity index (χ0n) is 11.7. The molecule has 0 saturated carbocycles. The number of rotatable bonds is 5. The lowest BCUT2D eigenvalue weighted by molar-refractivity contribution is 0.599. The molecule has 0 aliphatic rings. The molecule has 19 heavy (non-hydrogen) atoms. The number of halogens is 1. The Kier molecular flexibility index (Phi) is 5.03. The van der Waals surface area contributed by atoms with Crippen LogP contribution >= 0.6 is 22.9 Å². The number of hydrogen-bond acceptors (Lipinski definition) is 2. The quantitative estimate of drug-likeness (QED) is 0.808. The van der Waals surface area contributed by atoms with Crippen LogP contribution in [0.15, 0.2) is 29.6 Å². The van der Waals surface area contributed by atoms with Crippen molar-refractivity contribution in [2.24, 2.45) is 0 Å². The van der Waals surface area contributed by atoms with Crippen molar-refractivity contribution in [1.29, 1.82) is 0 Å². The molecule has 2 rings (SSSR count). The first-order valence-corrected chi connectivity index (χ1v) is 7.92. The Morgan fingerprint density at radius 1 is 1.32 bits per heavy atom. The number of aryl methyl sites for hydroxylation is 2. The van der Waals surface area contributed by atoms with Crippen LogP contribution in [0.5, 0.6) is 0 Å². The first-order valence-electron chi connectivity index (χ1n) is 6.67. The summed E-state index contributed by atoms with van der Waals surface area (Å²) in [6, 6.07) is 8.70. The van der Waals surface area contributed by atoms with E-state index >= 15 is 0 Å². The van der Waals surface area contributed by atoms with Gasteiger partial charge in [-0.1, -0.05) is 36.7 Å². The van der Waals surface area contributed by atoms with Crippen molar-refractivity contribution in [3.05, 3.63) is 56.2 Å². The minimum absolute atomic E-state index is 0.192. The van der Waals surface area contributed by atoms with E-state index < -0.39 is 0 Å². The van der Waals surface area contributed by atoms with Crippen molar-refractivity contribution in [3.8, 4) is 0 Å². The summed E-state index contributed by atoms with van der Waals surface area (Å²) in [6.45, 7) is 7.37. The van der Waals surface area contributed by atoms with Gasteiger partial charge in [-0.05, 0) is 54.9 Å². The highest BCUT2D eigenvalue weighted by Gasteiger charge is 2.18. The van der Waals surface area contributed by atoms with Crippen LogP contribution in [0.3, 0.4) is 0 Å². The summed E-state index contributed by atoms with van der Waals surface area (Å²) in [4.78, 5) is 1.34. The smallest absolute Gasteiger partial charge is 0.0599 e. The van der Waals surface area contributed by atoms with Crippen LogP contribution < -0.4 is 5.32 Å². The van der Waals surface area contributed by atoms with Gasteiger partial charge in [0.05, 0.1) is 6.04 Å². The molecule has 1 heterocycles. The van der Waals surface area contributed by atoms with Crippen LogP contribution in [0.2, 0.25) is 5.02 Å². The third-order valence-electron chi connectivity index (χ3n) is 3.22. The van der Waals surface area contributed by atoms with Crippen LogP contribution in [0.4, 0.5) is 0 Å². The summed E-state index contributed by atoms with van der Waals surface area (Å²) in [5, 5.41) is 6.70. The number of hydrogen-bond donors (Lipinski definition) is 1. The molecule has 1 aromatic heterocycles. The van der Waals surface area contributed by atoms with Gasteiger partial charge in [-0.15, -0.1) is 11.3 Å². The Morgan fingerprint density at radius 3 is 2.74 bits per heavy atom. The maximum Gasteiger partial charge on any atom is 0.0599 e. The summed E-state index contributed by atoms with van der Waals surface area (Å²) >= 11 is 8.27. The molecular weight excluding hydrogens is 274 g/mol. The average Bonchev–Trinajstić information content (AvgIpc) is 2.81. The summed E-state index contributed by atoms with van der Waals surface area (Å²) in [6.07, 6.45) is 1.11. The largest absolute Gasteiger partial charge is 0.306 e. The van der Waals surface area contributed by atoms with E-state index in [4.69, 9.17) is 11.6 Å². The van der Waals surface area contributed by atoms with Gasteiger partial charge in [0.15, 0.2) is 0 Å². The highest BCUT2D eigenvalue weighted by molar-refractivity contribution is 7.10. The van der Waals surface area contributed by atoms with Crippen molar-refractivity contribution >= 4 is 22.9 Å². The van der Waals surface area contributed by atoms with Gasteiger partial charge in [-0.2, -0.15) is 0 Å². The molecule has 0 radical (unpaired) electrons. The van der Waals surface area contributed by atoms with Crippen molar-refractivity contribution in [1.82, 2.24) is 5.32 Å². The van der Waals surface area contributed by atoms with Gasteiger partial charge in [0, 0.05) is 9.90 Å². The second kappa shape index (κ2) is 6.56. The fourth-order valence-corrected chi connectivity index (χ4v) is 3.17. The Labute approximate surface area is 124 Å². The second-order valence-electron chi connectivity index (χ2n) is 4.86. The van der Waals surface area contributed by atoms with E-state index in [2.05, 4.69) is 55.7 Å². The predicted octanol–water partition coefficient (Wildman–Crippen LogP) is 5.11. The molecule has 0 bridgehead atoms. The molecular formula is C16H20ClNS.